The number of nitrogens with one attached hydrogen (secondary N) is 1. The van der Waals surface area contributed by atoms with Crippen LogP contribution in [0, 0.1) is 0 Å². The molecule has 3 aromatic rings. The zero-order valence-electron chi connectivity index (χ0n) is 13.1. The first kappa shape index (κ1) is 15.7. The molecule has 0 saturated carbocycles. The Morgan fingerprint density at radius 1 is 1.29 bits per heavy atom. The molecular formula is C18H16ClN3S2. The van der Waals surface area contributed by atoms with Crippen molar-refractivity contribution in [3.8, 4) is 0 Å². The van der Waals surface area contributed by atoms with E-state index in [4.69, 9.17) is 11.6 Å². The smallest absolute Gasteiger partial charge is 0.138 e. The van der Waals surface area contributed by atoms with Gasteiger partial charge in [0.1, 0.15) is 5.65 Å². The number of aromatic nitrogens is 2. The van der Waals surface area contributed by atoms with E-state index in [9.17, 15) is 0 Å². The van der Waals surface area contributed by atoms with Crippen molar-refractivity contribution in [3.05, 3.63) is 76.9 Å². The number of aromatic amines is 1. The minimum absolute atomic E-state index is 0.748. The SMILES string of the molecule is C=CS1(c2c[nH]c3ncccc23)C=C(C)N(c2ccccc2Cl)S1. The van der Waals surface area contributed by atoms with Gasteiger partial charge < -0.3 is 4.98 Å². The summed E-state index contributed by atoms with van der Waals surface area (Å²) >= 11 is 6.41. The summed E-state index contributed by atoms with van der Waals surface area (Å²) in [6.07, 6.45) is 3.86. The average molecular weight is 374 g/mol. The number of halogens is 1. The Morgan fingerprint density at radius 2 is 2.12 bits per heavy atom. The maximum Gasteiger partial charge on any atom is 0.138 e. The molecule has 2 aromatic heterocycles. The van der Waals surface area contributed by atoms with Crippen LogP contribution in [0.4, 0.5) is 5.69 Å². The predicted octanol–water partition coefficient (Wildman–Crippen LogP) is 6.47. The van der Waals surface area contributed by atoms with Gasteiger partial charge in [0.25, 0.3) is 0 Å². The third-order valence-corrected chi connectivity index (χ3v) is 9.77. The van der Waals surface area contributed by atoms with Crippen LogP contribution >= 0.6 is 31.6 Å². The van der Waals surface area contributed by atoms with Gasteiger partial charge in [-0.15, -0.1) is 9.06 Å². The Morgan fingerprint density at radius 3 is 2.92 bits per heavy atom. The lowest BCUT2D eigenvalue weighted by molar-refractivity contribution is 1.29. The molecule has 0 fully saturated rings. The lowest BCUT2D eigenvalue weighted by atomic mass is 10.3. The van der Waals surface area contributed by atoms with Crippen LogP contribution < -0.4 is 4.31 Å². The molecule has 3 heterocycles. The quantitative estimate of drug-likeness (QED) is 0.421. The van der Waals surface area contributed by atoms with Gasteiger partial charge >= 0.3 is 0 Å². The van der Waals surface area contributed by atoms with E-state index in [2.05, 4.69) is 50.9 Å². The maximum absolute atomic E-state index is 6.41. The van der Waals surface area contributed by atoms with E-state index in [1.54, 1.807) is 17.2 Å². The standard InChI is InChI=1S/C18H16ClN3S2/c1-3-24(17-11-21-18-14(17)7-6-10-20-18)12-13(2)22(23-24)16-9-5-4-8-15(16)19/h3-12H,1H2,2H3,(H,20,21). The van der Waals surface area contributed by atoms with Crippen LogP contribution in [0.1, 0.15) is 6.92 Å². The van der Waals surface area contributed by atoms with Crippen molar-refractivity contribution in [2.75, 3.05) is 4.31 Å². The van der Waals surface area contributed by atoms with Gasteiger partial charge in [0.2, 0.25) is 0 Å². The third-order valence-electron chi connectivity index (χ3n) is 3.94. The number of H-pyrrole nitrogens is 1. The Bertz CT molecular complexity index is 966. The summed E-state index contributed by atoms with van der Waals surface area (Å²) in [5.74, 6) is 0. The highest BCUT2D eigenvalue weighted by Crippen LogP contribution is 2.75. The van der Waals surface area contributed by atoms with Gasteiger partial charge in [-0.05, 0) is 42.0 Å². The molecule has 3 nitrogen and oxygen atoms in total. The Kier molecular flexibility index (Phi) is 3.87. The summed E-state index contributed by atoms with van der Waals surface area (Å²) in [4.78, 5) is 8.92. The highest BCUT2D eigenvalue weighted by molar-refractivity contribution is 8.97. The van der Waals surface area contributed by atoms with Gasteiger partial charge in [-0.2, -0.15) is 0 Å². The molecule has 1 N–H and O–H groups in total. The summed E-state index contributed by atoms with van der Waals surface area (Å²) in [5, 5.41) is 6.26. The first-order valence-corrected chi connectivity index (χ1v) is 10.9. The molecule has 0 aliphatic carbocycles. The lowest BCUT2D eigenvalue weighted by Crippen LogP contribution is -2.07. The van der Waals surface area contributed by atoms with Crippen LogP contribution in [0.5, 0.6) is 0 Å². The topological polar surface area (TPSA) is 31.9 Å². The van der Waals surface area contributed by atoms with Gasteiger partial charge in [-0.25, -0.2) is 4.98 Å². The molecule has 0 saturated heterocycles. The van der Waals surface area contributed by atoms with Crippen molar-refractivity contribution in [2.24, 2.45) is 0 Å². The van der Waals surface area contributed by atoms with Crippen molar-refractivity contribution < 1.29 is 0 Å². The van der Waals surface area contributed by atoms with Crippen molar-refractivity contribution in [3.63, 3.8) is 0 Å². The fourth-order valence-electron chi connectivity index (χ4n) is 2.82. The summed E-state index contributed by atoms with van der Waals surface area (Å²) in [6, 6.07) is 12.0. The van der Waals surface area contributed by atoms with Crippen molar-refractivity contribution >= 4 is 48.4 Å². The zero-order valence-corrected chi connectivity index (χ0v) is 15.5. The number of benzene rings is 1. The van der Waals surface area contributed by atoms with Crippen molar-refractivity contribution in [1.82, 2.24) is 9.97 Å². The number of rotatable bonds is 3. The van der Waals surface area contributed by atoms with Gasteiger partial charge in [-0.1, -0.05) is 30.3 Å². The van der Waals surface area contributed by atoms with E-state index in [1.165, 1.54) is 10.6 Å². The second kappa shape index (κ2) is 5.92. The molecule has 4 rings (SSSR count). The summed E-state index contributed by atoms with van der Waals surface area (Å²) in [5.41, 5.74) is 3.08. The first-order valence-electron chi connectivity index (χ1n) is 7.45. The van der Waals surface area contributed by atoms with E-state index in [0.717, 1.165) is 21.7 Å². The minimum Gasteiger partial charge on any atom is -0.345 e. The third kappa shape index (κ3) is 2.35. The van der Waals surface area contributed by atoms with Gasteiger partial charge in [-0.3, -0.25) is 4.31 Å². The number of nitrogens with zero attached hydrogens (tertiary/aromatic N) is 2. The molecule has 0 amide bonds. The van der Waals surface area contributed by atoms with E-state index in [-0.39, 0.29) is 0 Å². The Balaban J connectivity index is 1.83. The number of anilines is 1. The molecular weight excluding hydrogens is 358 g/mol. The second-order valence-electron chi connectivity index (χ2n) is 5.45. The fourth-order valence-corrected chi connectivity index (χ4v) is 8.48. The fraction of sp³-hybridized carbons (Fsp3) is 0.0556. The van der Waals surface area contributed by atoms with Gasteiger partial charge in [0.15, 0.2) is 0 Å². The molecule has 24 heavy (non-hydrogen) atoms. The van der Waals surface area contributed by atoms with E-state index >= 15 is 0 Å². The molecule has 1 aliphatic rings. The Labute approximate surface area is 151 Å². The van der Waals surface area contributed by atoms with Gasteiger partial charge in [0, 0.05) is 39.4 Å². The number of hydrogen-bond acceptors (Lipinski definition) is 3. The van der Waals surface area contributed by atoms with Crippen LogP contribution in [0.15, 0.2) is 76.8 Å². The second-order valence-corrected chi connectivity index (χ2v) is 10.8. The molecule has 122 valence electrons. The molecule has 0 bridgehead atoms. The van der Waals surface area contributed by atoms with E-state index in [0.29, 0.717) is 0 Å². The highest BCUT2D eigenvalue weighted by Gasteiger charge is 2.35. The van der Waals surface area contributed by atoms with E-state index < -0.39 is 9.06 Å². The molecule has 1 atom stereocenters. The lowest BCUT2D eigenvalue weighted by Gasteiger charge is -2.30. The molecule has 1 aromatic carbocycles. The normalized spacial score (nSPS) is 23.1. The minimum atomic E-state index is -1.41. The Hall–Kier alpha value is -1.82. The largest absolute Gasteiger partial charge is 0.345 e. The predicted molar refractivity (Wildman–Crippen MR) is 107 cm³/mol. The molecule has 6 heteroatoms. The summed E-state index contributed by atoms with van der Waals surface area (Å²) in [7, 11) is 0.370. The number of pyridine rings is 1. The first-order chi connectivity index (χ1) is 11.6. The molecule has 0 radical (unpaired) electrons. The summed E-state index contributed by atoms with van der Waals surface area (Å²) < 4.78 is 2.20. The van der Waals surface area contributed by atoms with Crippen LogP contribution in [0.3, 0.4) is 0 Å². The van der Waals surface area contributed by atoms with E-state index in [1.807, 2.05) is 30.3 Å². The summed E-state index contributed by atoms with van der Waals surface area (Å²) in [6.45, 7) is 6.25. The average Bonchev–Trinajstić information content (AvgIpc) is 3.17. The number of hydrogen-bond donors (Lipinski definition) is 1. The number of allylic oxidation sites excluding steroid dienone is 1. The molecule has 1 unspecified atom stereocenters. The zero-order chi connectivity index (χ0) is 16.7. The van der Waals surface area contributed by atoms with Crippen LogP contribution in [-0.4, -0.2) is 9.97 Å². The van der Waals surface area contributed by atoms with Crippen LogP contribution in [0.25, 0.3) is 11.0 Å². The number of fused-ring (bicyclic) bond motifs is 1. The number of para-hydroxylation sites is 1. The maximum atomic E-state index is 6.41. The van der Waals surface area contributed by atoms with Crippen LogP contribution in [-0.2, 0) is 0 Å². The highest BCUT2D eigenvalue weighted by atomic mass is 35.5. The molecule has 0 spiro atoms. The van der Waals surface area contributed by atoms with Crippen LogP contribution in [0.2, 0.25) is 5.02 Å². The van der Waals surface area contributed by atoms with Gasteiger partial charge in [0.05, 0.1) is 10.7 Å². The van der Waals surface area contributed by atoms with Crippen molar-refractivity contribution in [1.29, 1.82) is 0 Å². The monoisotopic (exact) mass is 373 g/mol. The molecule has 1 aliphatic heterocycles. The van der Waals surface area contributed by atoms with Crippen molar-refractivity contribution in [2.45, 2.75) is 11.8 Å².